The fourth-order valence-electron chi connectivity index (χ4n) is 1.53. The molecule has 0 unspecified atom stereocenters. The summed E-state index contributed by atoms with van der Waals surface area (Å²) >= 11 is 0. The van der Waals surface area contributed by atoms with E-state index in [9.17, 15) is 14.3 Å². The van der Waals surface area contributed by atoms with E-state index in [4.69, 9.17) is 0 Å². The second kappa shape index (κ2) is 5.06. The van der Waals surface area contributed by atoms with E-state index < -0.39 is 16.9 Å². The summed E-state index contributed by atoms with van der Waals surface area (Å²) in [6, 6.07) is 6.30. The Labute approximate surface area is 107 Å². The van der Waals surface area contributed by atoms with E-state index in [1.54, 1.807) is 6.07 Å². The van der Waals surface area contributed by atoms with Gasteiger partial charge < -0.3 is 10.4 Å². The highest BCUT2D eigenvalue weighted by Crippen LogP contribution is 2.23. The van der Waals surface area contributed by atoms with E-state index in [0.29, 0.717) is 6.54 Å². The lowest BCUT2D eigenvalue weighted by atomic mass is 9.84. The van der Waals surface area contributed by atoms with Crippen molar-refractivity contribution in [3.05, 3.63) is 35.6 Å². The fraction of sp³-hybridized carbons (Fsp3) is 0.500. The van der Waals surface area contributed by atoms with Gasteiger partial charge in [0.25, 0.3) is 5.91 Å². The van der Waals surface area contributed by atoms with Crippen molar-refractivity contribution in [2.45, 2.75) is 38.7 Å². The molecule has 0 heterocycles. The molecule has 1 amide bonds. The quantitative estimate of drug-likeness (QED) is 0.862. The van der Waals surface area contributed by atoms with Crippen LogP contribution in [0, 0.1) is 5.82 Å². The highest BCUT2D eigenvalue weighted by Gasteiger charge is 2.27. The van der Waals surface area contributed by atoms with E-state index in [-0.39, 0.29) is 5.82 Å². The molecule has 1 rings (SSSR count). The van der Waals surface area contributed by atoms with Gasteiger partial charge in [-0.15, -0.1) is 0 Å². The predicted molar refractivity (Wildman–Crippen MR) is 68.7 cm³/mol. The summed E-state index contributed by atoms with van der Waals surface area (Å²) in [5.74, 6) is -0.735. The van der Waals surface area contributed by atoms with Gasteiger partial charge in [0.05, 0.1) is 0 Å². The number of rotatable bonds is 4. The first-order valence-electron chi connectivity index (χ1n) is 5.90. The maximum Gasteiger partial charge on any atom is 0.251 e. The zero-order valence-electron chi connectivity index (χ0n) is 11.2. The average molecular weight is 253 g/mol. The molecule has 0 aliphatic rings. The monoisotopic (exact) mass is 253 g/mol. The van der Waals surface area contributed by atoms with Gasteiger partial charge in [0.1, 0.15) is 11.4 Å². The van der Waals surface area contributed by atoms with Crippen LogP contribution in [0.2, 0.25) is 0 Å². The molecule has 0 saturated carbocycles. The zero-order chi connectivity index (χ0) is 14.0. The minimum Gasteiger partial charge on any atom is -0.381 e. The van der Waals surface area contributed by atoms with Crippen LogP contribution in [0.3, 0.4) is 0 Å². The highest BCUT2D eigenvalue weighted by molar-refractivity contribution is 5.83. The molecular formula is C14H20FNO2. The van der Waals surface area contributed by atoms with Crippen LogP contribution in [0.25, 0.3) is 0 Å². The van der Waals surface area contributed by atoms with Gasteiger partial charge in [-0.05, 0) is 31.5 Å². The van der Waals surface area contributed by atoms with Gasteiger partial charge in [-0.3, -0.25) is 4.79 Å². The first-order valence-corrected chi connectivity index (χ1v) is 5.90. The molecule has 0 fully saturated rings. The second-order valence-electron chi connectivity index (χ2n) is 5.64. The summed E-state index contributed by atoms with van der Waals surface area (Å²) in [7, 11) is 0. The van der Waals surface area contributed by atoms with Gasteiger partial charge in [-0.25, -0.2) is 4.39 Å². The maximum atomic E-state index is 13.2. The molecule has 0 radical (unpaired) electrons. The molecule has 100 valence electrons. The topological polar surface area (TPSA) is 49.3 Å². The van der Waals surface area contributed by atoms with Crippen LogP contribution < -0.4 is 5.32 Å². The van der Waals surface area contributed by atoms with Gasteiger partial charge in [0, 0.05) is 12.0 Å². The molecule has 1 aromatic carbocycles. The van der Waals surface area contributed by atoms with Crippen molar-refractivity contribution in [3.63, 3.8) is 0 Å². The first kappa shape index (κ1) is 14.6. The molecule has 0 aliphatic carbocycles. The molecule has 0 bridgehead atoms. The van der Waals surface area contributed by atoms with Crippen molar-refractivity contribution in [2.24, 2.45) is 0 Å². The van der Waals surface area contributed by atoms with Crippen LogP contribution in [-0.2, 0) is 10.2 Å². The SMILES string of the molecule is CC(C)(O)C(=O)NCC(C)(C)c1cccc(F)c1. The van der Waals surface area contributed by atoms with E-state index >= 15 is 0 Å². The molecule has 2 N–H and O–H groups in total. The molecule has 4 heteroatoms. The largest absolute Gasteiger partial charge is 0.381 e. The molecule has 18 heavy (non-hydrogen) atoms. The van der Waals surface area contributed by atoms with Crippen LogP contribution >= 0.6 is 0 Å². The summed E-state index contributed by atoms with van der Waals surface area (Å²) in [6.45, 7) is 7.01. The minimum absolute atomic E-state index is 0.297. The summed E-state index contributed by atoms with van der Waals surface area (Å²) in [5.41, 5.74) is -1.00. The van der Waals surface area contributed by atoms with Gasteiger partial charge in [-0.2, -0.15) is 0 Å². The Kier molecular flexibility index (Phi) is 4.12. The number of hydrogen-bond acceptors (Lipinski definition) is 2. The number of nitrogens with one attached hydrogen (secondary N) is 1. The Morgan fingerprint density at radius 1 is 1.33 bits per heavy atom. The zero-order valence-corrected chi connectivity index (χ0v) is 11.2. The third-order valence-corrected chi connectivity index (χ3v) is 2.85. The Morgan fingerprint density at radius 3 is 2.44 bits per heavy atom. The second-order valence-corrected chi connectivity index (χ2v) is 5.64. The predicted octanol–water partition coefficient (Wildman–Crippen LogP) is 1.99. The molecule has 0 aromatic heterocycles. The van der Waals surface area contributed by atoms with Gasteiger partial charge in [0.2, 0.25) is 0 Å². The molecule has 0 saturated heterocycles. The van der Waals surface area contributed by atoms with Crippen LogP contribution in [0.5, 0.6) is 0 Å². The summed E-state index contributed by atoms with van der Waals surface area (Å²) in [4.78, 5) is 11.6. The minimum atomic E-state index is -1.40. The third kappa shape index (κ3) is 3.81. The van der Waals surface area contributed by atoms with Crippen molar-refractivity contribution < 1.29 is 14.3 Å². The number of amides is 1. The Balaban J connectivity index is 2.74. The van der Waals surface area contributed by atoms with Crippen LogP contribution in [0.4, 0.5) is 4.39 Å². The Morgan fingerprint density at radius 2 is 1.94 bits per heavy atom. The number of carbonyl (C=O) groups excluding carboxylic acids is 1. The number of halogens is 1. The van der Waals surface area contributed by atoms with E-state index in [1.165, 1.54) is 26.0 Å². The van der Waals surface area contributed by atoms with Crippen LogP contribution in [-0.4, -0.2) is 23.2 Å². The summed E-state index contributed by atoms with van der Waals surface area (Å²) in [5, 5.41) is 12.2. The lowest BCUT2D eigenvalue weighted by molar-refractivity contribution is -0.136. The standard InChI is InChI=1S/C14H20FNO2/c1-13(2,9-16-12(17)14(3,4)18)10-6-5-7-11(15)8-10/h5-8,18H,9H2,1-4H3,(H,16,17). The molecule has 0 aliphatic heterocycles. The lowest BCUT2D eigenvalue weighted by Gasteiger charge is -2.27. The van der Waals surface area contributed by atoms with Crippen molar-refractivity contribution in [1.29, 1.82) is 0 Å². The highest BCUT2D eigenvalue weighted by atomic mass is 19.1. The maximum absolute atomic E-state index is 13.2. The fourth-order valence-corrected chi connectivity index (χ4v) is 1.53. The van der Waals surface area contributed by atoms with E-state index in [2.05, 4.69) is 5.32 Å². The molecule has 0 spiro atoms. The smallest absolute Gasteiger partial charge is 0.251 e. The normalized spacial score (nSPS) is 12.3. The summed E-state index contributed by atoms with van der Waals surface area (Å²) in [6.07, 6.45) is 0. The molecule has 0 atom stereocenters. The van der Waals surface area contributed by atoms with Gasteiger partial charge in [-0.1, -0.05) is 26.0 Å². The van der Waals surface area contributed by atoms with Gasteiger partial charge in [0.15, 0.2) is 0 Å². The molecular weight excluding hydrogens is 233 g/mol. The van der Waals surface area contributed by atoms with Crippen molar-refractivity contribution >= 4 is 5.91 Å². The first-order chi connectivity index (χ1) is 8.13. The summed E-state index contributed by atoms with van der Waals surface area (Å²) < 4.78 is 13.2. The Hall–Kier alpha value is -1.42. The number of hydrogen-bond donors (Lipinski definition) is 2. The van der Waals surface area contributed by atoms with Crippen molar-refractivity contribution in [1.82, 2.24) is 5.32 Å². The Bertz CT molecular complexity index is 436. The van der Waals surface area contributed by atoms with Gasteiger partial charge >= 0.3 is 0 Å². The third-order valence-electron chi connectivity index (χ3n) is 2.85. The van der Waals surface area contributed by atoms with Crippen molar-refractivity contribution in [2.75, 3.05) is 6.54 Å². The van der Waals surface area contributed by atoms with Crippen LogP contribution in [0.1, 0.15) is 33.3 Å². The van der Waals surface area contributed by atoms with E-state index in [0.717, 1.165) is 5.56 Å². The average Bonchev–Trinajstić information content (AvgIpc) is 2.24. The number of benzene rings is 1. The molecule has 1 aromatic rings. The molecule has 3 nitrogen and oxygen atoms in total. The van der Waals surface area contributed by atoms with Crippen LogP contribution in [0.15, 0.2) is 24.3 Å². The number of aliphatic hydroxyl groups is 1. The lowest BCUT2D eigenvalue weighted by Crippen LogP contribution is -2.46. The van der Waals surface area contributed by atoms with E-state index in [1.807, 2.05) is 19.9 Å². The number of carbonyl (C=O) groups is 1. The van der Waals surface area contributed by atoms with Crippen molar-refractivity contribution in [3.8, 4) is 0 Å².